The van der Waals surface area contributed by atoms with E-state index in [2.05, 4.69) is 20.8 Å². The first-order chi connectivity index (χ1) is 5.54. The average Bonchev–Trinajstić information content (AvgIpc) is 2.06. The molecule has 1 saturated carbocycles. The number of hydrogen-bond acceptors (Lipinski definition) is 0. The van der Waals surface area contributed by atoms with Crippen molar-refractivity contribution < 1.29 is 4.39 Å². The normalized spacial score (nSPS) is 27.0. The quantitative estimate of drug-likeness (QED) is 0.591. The summed E-state index contributed by atoms with van der Waals surface area (Å²) in [5.74, 6) is 0. The molecule has 0 aromatic carbocycles. The summed E-state index contributed by atoms with van der Waals surface area (Å²) in [7, 11) is 0. The Morgan fingerprint density at radius 3 is 1.92 bits per heavy atom. The summed E-state index contributed by atoms with van der Waals surface area (Å²) in [6, 6.07) is 0. The van der Waals surface area contributed by atoms with Crippen LogP contribution in [-0.2, 0) is 0 Å². The minimum absolute atomic E-state index is 0.0511. The van der Waals surface area contributed by atoms with Crippen LogP contribution in [-0.4, -0.2) is 6.67 Å². The number of rotatable bonds is 2. The molecule has 0 spiro atoms. The van der Waals surface area contributed by atoms with Crippen LogP contribution in [0.5, 0.6) is 0 Å². The molecule has 0 aromatic heterocycles. The maximum atomic E-state index is 12.8. The summed E-state index contributed by atoms with van der Waals surface area (Å²) in [5, 5.41) is 0. The lowest BCUT2D eigenvalue weighted by molar-refractivity contribution is 0.0709. The molecule has 1 aliphatic carbocycles. The first-order valence-electron chi connectivity index (χ1n) is 5.10. The molecule has 0 heterocycles. The molecule has 0 nitrogen and oxygen atoms in total. The second-order valence-electron chi connectivity index (χ2n) is 5.15. The highest BCUT2D eigenvalue weighted by molar-refractivity contribution is 4.87. The molecule has 1 aliphatic rings. The Morgan fingerprint density at radius 2 is 1.58 bits per heavy atom. The zero-order chi connectivity index (χ0) is 9.24. The van der Waals surface area contributed by atoms with Gasteiger partial charge in [-0.25, -0.2) is 0 Å². The van der Waals surface area contributed by atoms with E-state index in [0.717, 1.165) is 19.3 Å². The molecular formula is C11H21F. The van der Waals surface area contributed by atoms with Crippen LogP contribution in [0, 0.1) is 10.8 Å². The average molecular weight is 172 g/mol. The third-order valence-corrected chi connectivity index (χ3v) is 3.70. The maximum Gasteiger partial charge on any atom is 0.0950 e. The molecule has 72 valence electrons. The Hall–Kier alpha value is -0.0700. The summed E-state index contributed by atoms with van der Waals surface area (Å²) in [5.41, 5.74) is 0.517. The first-order valence-corrected chi connectivity index (χ1v) is 5.10. The molecular weight excluding hydrogens is 151 g/mol. The monoisotopic (exact) mass is 172 g/mol. The molecule has 12 heavy (non-hydrogen) atoms. The minimum atomic E-state index is -0.112. The molecule has 0 unspecified atom stereocenters. The van der Waals surface area contributed by atoms with Crippen molar-refractivity contribution in [2.45, 2.75) is 52.9 Å². The fourth-order valence-electron chi connectivity index (χ4n) is 2.04. The lowest BCUT2D eigenvalue weighted by Crippen LogP contribution is -2.32. The van der Waals surface area contributed by atoms with Crippen LogP contribution < -0.4 is 0 Å². The Bertz CT molecular complexity index is 133. The molecule has 0 bridgehead atoms. The Morgan fingerprint density at radius 1 is 1.08 bits per heavy atom. The summed E-state index contributed by atoms with van der Waals surface area (Å²) in [6.45, 7) is 6.60. The van der Waals surface area contributed by atoms with Crippen molar-refractivity contribution in [3.63, 3.8) is 0 Å². The van der Waals surface area contributed by atoms with Gasteiger partial charge in [-0.3, -0.25) is 4.39 Å². The van der Waals surface area contributed by atoms with Gasteiger partial charge in [0.05, 0.1) is 6.67 Å². The van der Waals surface area contributed by atoms with E-state index in [1.807, 2.05) is 0 Å². The Balaban J connectivity index is 2.53. The van der Waals surface area contributed by atoms with Gasteiger partial charge in [0.25, 0.3) is 0 Å². The molecule has 0 radical (unpaired) electrons. The second-order valence-corrected chi connectivity index (χ2v) is 5.15. The van der Waals surface area contributed by atoms with E-state index >= 15 is 0 Å². The van der Waals surface area contributed by atoms with Crippen molar-refractivity contribution in [1.29, 1.82) is 0 Å². The van der Waals surface area contributed by atoms with Crippen molar-refractivity contribution in [3.05, 3.63) is 0 Å². The lowest BCUT2D eigenvalue weighted by atomic mass is 9.65. The van der Waals surface area contributed by atoms with Crippen LogP contribution >= 0.6 is 0 Å². The van der Waals surface area contributed by atoms with Gasteiger partial charge in [0.15, 0.2) is 0 Å². The van der Waals surface area contributed by atoms with Crippen LogP contribution in [0.25, 0.3) is 0 Å². The largest absolute Gasteiger partial charge is 0.250 e. The molecule has 0 N–H and O–H groups in total. The standard InChI is InChI=1S/C11H21F/c1-4-11(9-12)7-5-10(2,3)6-8-11/h4-9H2,1-3H3. The SMILES string of the molecule is CCC1(CF)CCC(C)(C)CC1. The van der Waals surface area contributed by atoms with E-state index in [4.69, 9.17) is 0 Å². The van der Waals surface area contributed by atoms with Gasteiger partial charge >= 0.3 is 0 Å². The fraction of sp³-hybridized carbons (Fsp3) is 1.00. The third kappa shape index (κ3) is 1.99. The molecule has 0 saturated heterocycles. The van der Waals surface area contributed by atoms with Gasteiger partial charge in [-0.1, -0.05) is 20.8 Å². The van der Waals surface area contributed by atoms with E-state index in [1.54, 1.807) is 0 Å². The molecule has 1 heteroatoms. The Labute approximate surface area is 75.5 Å². The maximum absolute atomic E-state index is 12.8. The van der Waals surface area contributed by atoms with Crippen LogP contribution in [0.15, 0.2) is 0 Å². The van der Waals surface area contributed by atoms with Crippen molar-refractivity contribution in [3.8, 4) is 0 Å². The predicted octanol–water partition coefficient (Wildman–Crippen LogP) is 3.95. The minimum Gasteiger partial charge on any atom is -0.250 e. The van der Waals surface area contributed by atoms with Gasteiger partial charge in [0.1, 0.15) is 0 Å². The second kappa shape index (κ2) is 3.35. The van der Waals surface area contributed by atoms with E-state index in [9.17, 15) is 4.39 Å². The lowest BCUT2D eigenvalue weighted by Gasteiger charge is -2.41. The van der Waals surface area contributed by atoms with Crippen molar-refractivity contribution in [2.75, 3.05) is 6.67 Å². The number of halogens is 1. The van der Waals surface area contributed by atoms with Crippen molar-refractivity contribution in [2.24, 2.45) is 10.8 Å². The van der Waals surface area contributed by atoms with Crippen LogP contribution in [0.4, 0.5) is 4.39 Å². The molecule has 1 fully saturated rings. The van der Waals surface area contributed by atoms with Gasteiger partial charge in [0.2, 0.25) is 0 Å². The van der Waals surface area contributed by atoms with Gasteiger partial charge in [-0.05, 0) is 42.9 Å². The van der Waals surface area contributed by atoms with E-state index in [1.165, 1.54) is 12.8 Å². The topological polar surface area (TPSA) is 0 Å². The zero-order valence-electron chi connectivity index (χ0n) is 8.62. The van der Waals surface area contributed by atoms with Crippen LogP contribution in [0.3, 0.4) is 0 Å². The van der Waals surface area contributed by atoms with E-state index in [0.29, 0.717) is 5.41 Å². The smallest absolute Gasteiger partial charge is 0.0950 e. The van der Waals surface area contributed by atoms with Crippen molar-refractivity contribution in [1.82, 2.24) is 0 Å². The number of alkyl halides is 1. The summed E-state index contributed by atoms with van der Waals surface area (Å²) >= 11 is 0. The third-order valence-electron chi connectivity index (χ3n) is 3.70. The Kier molecular flexibility index (Phi) is 2.80. The van der Waals surface area contributed by atoms with Crippen molar-refractivity contribution >= 4 is 0 Å². The highest BCUT2D eigenvalue weighted by atomic mass is 19.1. The summed E-state index contributed by atoms with van der Waals surface area (Å²) in [6.07, 6.45) is 5.59. The highest BCUT2D eigenvalue weighted by Gasteiger charge is 2.36. The summed E-state index contributed by atoms with van der Waals surface area (Å²) in [4.78, 5) is 0. The zero-order valence-corrected chi connectivity index (χ0v) is 8.62. The van der Waals surface area contributed by atoms with Crippen LogP contribution in [0.2, 0.25) is 0 Å². The molecule has 0 aliphatic heterocycles. The molecule has 1 rings (SSSR count). The molecule has 0 aromatic rings. The first kappa shape index (κ1) is 10.0. The summed E-state index contributed by atoms with van der Waals surface area (Å²) < 4.78 is 12.8. The van der Waals surface area contributed by atoms with Gasteiger partial charge in [-0.15, -0.1) is 0 Å². The molecule has 0 atom stereocenters. The van der Waals surface area contributed by atoms with E-state index in [-0.39, 0.29) is 12.1 Å². The van der Waals surface area contributed by atoms with Gasteiger partial charge < -0.3 is 0 Å². The van der Waals surface area contributed by atoms with E-state index < -0.39 is 0 Å². The van der Waals surface area contributed by atoms with Crippen LogP contribution in [0.1, 0.15) is 52.9 Å². The number of hydrogen-bond donors (Lipinski definition) is 0. The molecule has 0 amide bonds. The highest BCUT2D eigenvalue weighted by Crippen LogP contribution is 2.46. The predicted molar refractivity (Wildman–Crippen MR) is 50.9 cm³/mol. The van der Waals surface area contributed by atoms with Gasteiger partial charge in [-0.2, -0.15) is 0 Å². The van der Waals surface area contributed by atoms with Gasteiger partial charge in [0, 0.05) is 0 Å². The fourth-order valence-corrected chi connectivity index (χ4v) is 2.04.